The molecule has 1 N–H and O–H groups in total. The van der Waals surface area contributed by atoms with Gasteiger partial charge >= 0.3 is 0 Å². The van der Waals surface area contributed by atoms with E-state index in [0.717, 1.165) is 29.8 Å². The van der Waals surface area contributed by atoms with Crippen LogP contribution in [0.2, 0.25) is 0 Å². The van der Waals surface area contributed by atoms with E-state index in [1.54, 1.807) is 0 Å². The largest absolute Gasteiger partial charge is 0.359 e. The maximum atomic E-state index is 4.23. The number of allylic oxidation sites excluding steroid dienone is 5. The first-order chi connectivity index (χ1) is 12.5. The summed E-state index contributed by atoms with van der Waals surface area (Å²) in [6.45, 7) is 12.8. The fourth-order valence-corrected chi connectivity index (χ4v) is 3.19. The van der Waals surface area contributed by atoms with Crippen molar-refractivity contribution in [3.05, 3.63) is 113 Å². The lowest BCUT2D eigenvalue weighted by atomic mass is 10.0. The molecule has 0 heterocycles. The fourth-order valence-electron chi connectivity index (χ4n) is 3.19. The Balaban J connectivity index is 1.55. The topological polar surface area (TPSA) is 12.0 Å². The van der Waals surface area contributed by atoms with Gasteiger partial charge in [0.05, 0.1) is 0 Å². The Hall–Kier alpha value is -2.80. The van der Waals surface area contributed by atoms with Gasteiger partial charge in [-0.2, -0.15) is 0 Å². The molecule has 0 saturated carbocycles. The third kappa shape index (κ3) is 4.64. The second kappa shape index (κ2) is 8.05. The van der Waals surface area contributed by atoms with Crippen LogP contribution in [0.25, 0.3) is 0 Å². The zero-order chi connectivity index (χ0) is 18.5. The summed E-state index contributed by atoms with van der Waals surface area (Å²) in [4.78, 5) is 0. The van der Waals surface area contributed by atoms with Crippen LogP contribution in [-0.4, -0.2) is 0 Å². The lowest BCUT2D eigenvalue weighted by Crippen LogP contribution is -2.00. The number of nitrogens with one attached hydrogen (secondary N) is 1. The van der Waals surface area contributed by atoms with Crippen LogP contribution in [0.3, 0.4) is 0 Å². The number of anilines is 1. The molecule has 132 valence electrons. The number of hydrogen-bond donors (Lipinski definition) is 1. The van der Waals surface area contributed by atoms with Crippen LogP contribution in [0.15, 0.2) is 102 Å². The Morgan fingerprint density at radius 1 is 0.962 bits per heavy atom. The number of benzene rings is 2. The quantitative estimate of drug-likeness (QED) is 0.593. The SMILES string of the molecule is C=C(CC(=C)C1=CC(C)C(C)=C1)Nc1ccc(Cc2ccccc2)cc1. The van der Waals surface area contributed by atoms with Crippen LogP contribution in [-0.2, 0) is 6.42 Å². The van der Waals surface area contributed by atoms with Gasteiger partial charge in [-0.05, 0) is 53.7 Å². The smallest absolute Gasteiger partial charge is 0.0381 e. The number of rotatable bonds is 7. The molecule has 1 atom stereocenters. The van der Waals surface area contributed by atoms with Gasteiger partial charge in [0, 0.05) is 17.8 Å². The highest BCUT2D eigenvalue weighted by molar-refractivity contribution is 5.52. The summed E-state index contributed by atoms with van der Waals surface area (Å²) in [5.41, 5.74) is 8.44. The average molecular weight is 341 g/mol. The summed E-state index contributed by atoms with van der Waals surface area (Å²) < 4.78 is 0. The van der Waals surface area contributed by atoms with Crippen molar-refractivity contribution in [1.82, 2.24) is 0 Å². The molecule has 2 aromatic carbocycles. The predicted octanol–water partition coefficient (Wildman–Crippen LogP) is 6.67. The molecular formula is C25H27N. The lowest BCUT2D eigenvalue weighted by Gasteiger charge is -2.12. The van der Waals surface area contributed by atoms with Crippen molar-refractivity contribution in [1.29, 1.82) is 0 Å². The Bertz CT molecular complexity index is 851. The molecule has 1 aliphatic rings. The van der Waals surface area contributed by atoms with Gasteiger partial charge in [-0.3, -0.25) is 0 Å². The van der Waals surface area contributed by atoms with Crippen molar-refractivity contribution in [2.45, 2.75) is 26.7 Å². The maximum Gasteiger partial charge on any atom is 0.0381 e. The average Bonchev–Trinajstić information content (AvgIpc) is 2.97. The first-order valence-electron chi connectivity index (χ1n) is 9.17. The van der Waals surface area contributed by atoms with Crippen molar-refractivity contribution in [2.75, 3.05) is 5.32 Å². The number of hydrogen-bond acceptors (Lipinski definition) is 1. The zero-order valence-electron chi connectivity index (χ0n) is 15.8. The molecule has 26 heavy (non-hydrogen) atoms. The molecule has 1 nitrogen and oxygen atoms in total. The van der Waals surface area contributed by atoms with Gasteiger partial charge < -0.3 is 5.32 Å². The van der Waals surface area contributed by atoms with E-state index >= 15 is 0 Å². The molecule has 0 fully saturated rings. The molecule has 0 aliphatic heterocycles. The van der Waals surface area contributed by atoms with E-state index in [4.69, 9.17) is 0 Å². The van der Waals surface area contributed by atoms with Gasteiger partial charge in [-0.1, -0.05) is 80.3 Å². The normalized spacial score (nSPS) is 16.0. The first kappa shape index (κ1) is 18.0. The second-order valence-electron chi connectivity index (χ2n) is 7.17. The lowest BCUT2D eigenvalue weighted by molar-refractivity contribution is 0.880. The van der Waals surface area contributed by atoms with Crippen molar-refractivity contribution in [3.63, 3.8) is 0 Å². The third-order valence-electron chi connectivity index (χ3n) is 4.89. The minimum atomic E-state index is 0.514. The van der Waals surface area contributed by atoms with Crippen molar-refractivity contribution in [3.8, 4) is 0 Å². The molecule has 0 spiro atoms. The van der Waals surface area contributed by atoms with Crippen LogP contribution < -0.4 is 5.32 Å². The van der Waals surface area contributed by atoms with E-state index in [1.165, 1.54) is 22.3 Å². The third-order valence-corrected chi connectivity index (χ3v) is 4.89. The summed E-state index contributed by atoms with van der Waals surface area (Å²) >= 11 is 0. The molecule has 1 heteroatoms. The standard InChI is InChI=1S/C25H27N/c1-18-15-24(16-19(18)2)20(3)14-21(4)26-25-12-10-23(11-13-25)17-22-8-6-5-7-9-22/h5-13,15-16,18,26H,3-4,14,17H2,1-2H3. The summed E-state index contributed by atoms with van der Waals surface area (Å²) in [7, 11) is 0. The van der Waals surface area contributed by atoms with E-state index in [1.807, 2.05) is 0 Å². The Labute approximate surface area is 157 Å². The molecule has 0 aromatic heterocycles. The van der Waals surface area contributed by atoms with Gasteiger partial charge in [-0.25, -0.2) is 0 Å². The van der Waals surface area contributed by atoms with Crippen molar-refractivity contribution in [2.24, 2.45) is 5.92 Å². The monoisotopic (exact) mass is 341 g/mol. The van der Waals surface area contributed by atoms with Gasteiger partial charge in [0.2, 0.25) is 0 Å². The molecule has 1 aliphatic carbocycles. The minimum absolute atomic E-state index is 0.514. The van der Waals surface area contributed by atoms with Crippen molar-refractivity contribution < 1.29 is 0 Å². The van der Waals surface area contributed by atoms with Crippen LogP contribution in [0, 0.1) is 5.92 Å². The Kier molecular flexibility index (Phi) is 5.58. The van der Waals surface area contributed by atoms with Crippen LogP contribution in [0.1, 0.15) is 31.4 Å². The molecule has 0 amide bonds. The molecular weight excluding hydrogens is 314 g/mol. The molecule has 3 rings (SSSR count). The summed E-state index contributed by atoms with van der Waals surface area (Å²) in [6, 6.07) is 19.1. The van der Waals surface area contributed by atoms with E-state index in [9.17, 15) is 0 Å². The molecule has 0 radical (unpaired) electrons. The molecule has 2 aromatic rings. The summed E-state index contributed by atoms with van der Waals surface area (Å²) in [5.74, 6) is 0.514. The second-order valence-corrected chi connectivity index (χ2v) is 7.17. The maximum absolute atomic E-state index is 4.23. The zero-order valence-corrected chi connectivity index (χ0v) is 15.8. The molecule has 0 saturated heterocycles. The van der Waals surface area contributed by atoms with Gasteiger partial charge in [0.25, 0.3) is 0 Å². The highest BCUT2D eigenvalue weighted by Crippen LogP contribution is 2.29. The highest BCUT2D eigenvalue weighted by Gasteiger charge is 2.13. The van der Waals surface area contributed by atoms with E-state index in [2.05, 4.69) is 99.1 Å². The van der Waals surface area contributed by atoms with E-state index in [0.29, 0.717) is 5.92 Å². The molecule has 1 unspecified atom stereocenters. The minimum Gasteiger partial charge on any atom is -0.359 e. The van der Waals surface area contributed by atoms with E-state index < -0.39 is 0 Å². The van der Waals surface area contributed by atoms with Gasteiger partial charge in [-0.15, -0.1) is 0 Å². The highest BCUT2D eigenvalue weighted by atomic mass is 14.9. The summed E-state index contributed by atoms with van der Waals surface area (Å²) in [5, 5.41) is 3.41. The van der Waals surface area contributed by atoms with E-state index in [-0.39, 0.29) is 0 Å². The van der Waals surface area contributed by atoms with Crippen LogP contribution >= 0.6 is 0 Å². The van der Waals surface area contributed by atoms with Crippen LogP contribution in [0.4, 0.5) is 5.69 Å². The summed E-state index contributed by atoms with van der Waals surface area (Å²) in [6.07, 6.45) is 6.23. The van der Waals surface area contributed by atoms with Crippen molar-refractivity contribution >= 4 is 5.69 Å². The molecule has 0 bridgehead atoms. The Morgan fingerprint density at radius 2 is 1.62 bits per heavy atom. The van der Waals surface area contributed by atoms with Gasteiger partial charge in [0.1, 0.15) is 0 Å². The van der Waals surface area contributed by atoms with Gasteiger partial charge in [0.15, 0.2) is 0 Å². The van der Waals surface area contributed by atoms with Crippen LogP contribution in [0.5, 0.6) is 0 Å². The first-order valence-corrected chi connectivity index (χ1v) is 9.17. The Morgan fingerprint density at radius 3 is 2.23 bits per heavy atom. The predicted molar refractivity (Wildman–Crippen MR) is 113 cm³/mol. The fraction of sp³-hybridized carbons (Fsp3) is 0.200.